The number of alkyl halides is 3. The molecule has 1 aromatic rings. The van der Waals surface area contributed by atoms with E-state index in [1.54, 1.807) is 0 Å². The Morgan fingerprint density at radius 3 is 2.68 bits per heavy atom. The molecule has 120 valence electrons. The Kier molecular flexibility index (Phi) is 3.99. The molecule has 0 aromatic heterocycles. The maximum absolute atomic E-state index is 14.2. The van der Waals surface area contributed by atoms with Gasteiger partial charge in [0.05, 0.1) is 0 Å². The first kappa shape index (κ1) is 16.1. The zero-order valence-electron chi connectivity index (χ0n) is 11.1. The molecule has 3 N–H and O–H groups in total. The van der Waals surface area contributed by atoms with Crippen LogP contribution in [-0.4, -0.2) is 29.7 Å². The molecule has 0 bridgehead atoms. The first-order valence-electron chi connectivity index (χ1n) is 6.26. The van der Waals surface area contributed by atoms with E-state index in [0.29, 0.717) is 0 Å². The number of carbonyl (C=O) groups is 2. The number of amides is 2. The van der Waals surface area contributed by atoms with Gasteiger partial charge < -0.3 is 10.4 Å². The molecule has 5 nitrogen and oxygen atoms in total. The molecule has 0 saturated carbocycles. The van der Waals surface area contributed by atoms with Gasteiger partial charge in [0.25, 0.3) is 5.92 Å². The lowest BCUT2D eigenvalue weighted by molar-refractivity contribution is -0.156. The summed E-state index contributed by atoms with van der Waals surface area (Å²) in [5.74, 6) is -5.73. The number of carbonyl (C=O) groups excluding carboxylic acids is 1. The molecule has 2 rings (SSSR count). The predicted octanol–water partition coefficient (Wildman–Crippen LogP) is 2.63. The van der Waals surface area contributed by atoms with Crippen molar-refractivity contribution in [2.75, 3.05) is 12.0 Å². The highest BCUT2D eigenvalue weighted by molar-refractivity contribution is 5.83. The number of halogens is 4. The van der Waals surface area contributed by atoms with Gasteiger partial charge in [-0.2, -0.15) is 0 Å². The fraction of sp³-hybridized carbons (Fsp3) is 0.385. The van der Waals surface area contributed by atoms with E-state index in [1.165, 1.54) is 0 Å². The second-order valence-electron chi connectivity index (χ2n) is 4.92. The highest BCUT2D eigenvalue weighted by atomic mass is 19.3. The van der Waals surface area contributed by atoms with E-state index in [1.807, 2.05) is 10.6 Å². The summed E-state index contributed by atoms with van der Waals surface area (Å²) in [5, 5.41) is 12.3. The smallest absolute Gasteiger partial charge is 0.409 e. The van der Waals surface area contributed by atoms with Crippen molar-refractivity contribution in [1.29, 1.82) is 0 Å². The van der Waals surface area contributed by atoms with Crippen molar-refractivity contribution in [3.8, 4) is 0 Å². The number of hydrogen-bond donors (Lipinski definition) is 3. The molecule has 22 heavy (non-hydrogen) atoms. The van der Waals surface area contributed by atoms with E-state index < -0.39 is 54.4 Å². The summed E-state index contributed by atoms with van der Waals surface area (Å²) >= 11 is 0. The summed E-state index contributed by atoms with van der Waals surface area (Å²) in [4.78, 5) is 22.0. The van der Waals surface area contributed by atoms with Gasteiger partial charge >= 0.3 is 6.09 Å². The predicted molar refractivity (Wildman–Crippen MR) is 68.0 cm³/mol. The number of rotatable bonds is 3. The van der Waals surface area contributed by atoms with E-state index in [9.17, 15) is 27.2 Å². The van der Waals surface area contributed by atoms with Crippen LogP contribution in [0.1, 0.15) is 18.4 Å². The van der Waals surface area contributed by atoms with Gasteiger partial charge in [0.1, 0.15) is 12.5 Å². The quantitative estimate of drug-likeness (QED) is 0.749. The van der Waals surface area contributed by atoms with Gasteiger partial charge in [-0.25, -0.2) is 22.4 Å². The van der Waals surface area contributed by atoms with Gasteiger partial charge in [0.2, 0.25) is 5.91 Å². The van der Waals surface area contributed by atoms with E-state index in [2.05, 4.69) is 0 Å². The average Bonchev–Trinajstić information content (AvgIpc) is 2.43. The normalized spacial score (nSPS) is 23.7. The molecule has 0 aliphatic carbocycles. The average molecular weight is 320 g/mol. The molecule has 1 aromatic carbocycles. The molecule has 2 amide bonds. The van der Waals surface area contributed by atoms with Crippen molar-refractivity contribution < 1.29 is 32.3 Å². The topological polar surface area (TPSA) is 78.4 Å². The molecule has 0 spiro atoms. The Hall–Kier alpha value is -2.32. The Morgan fingerprint density at radius 2 is 2.09 bits per heavy atom. The van der Waals surface area contributed by atoms with Gasteiger partial charge in [0, 0.05) is 24.1 Å². The van der Waals surface area contributed by atoms with Crippen LogP contribution in [0.15, 0.2) is 18.2 Å². The molecule has 1 fully saturated rings. The van der Waals surface area contributed by atoms with Gasteiger partial charge in [-0.05, 0) is 18.2 Å². The summed E-state index contributed by atoms with van der Waals surface area (Å²) in [6.45, 7) is -1.74. The lowest BCUT2D eigenvalue weighted by Gasteiger charge is -2.42. The molecular weight excluding hydrogens is 308 g/mol. The van der Waals surface area contributed by atoms with Crippen LogP contribution in [0.3, 0.4) is 0 Å². The third kappa shape index (κ3) is 2.58. The van der Waals surface area contributed by atoms with Crippen LogP contribution < -0.4 is 10.6 Å². The minimum Gasteiger partial charge on any atom is -0.465 e. The van der Waals surface area contributed by atoms with E-state index in [4.69, 9.17) is 5.11 Å². The molecule has 0 radical (unpaired) electrons. The molecule has 1 saturated heterocycles. The Bertz CT molecular complexity index is 623. The highest BCUT2D eigenvalue weighted by Gasteiger charge is 2.59. The first-order valence-corrected chi connectivity index (χ1v) is 6.26. The van der Waals surface area contributed by atoms with Gasteiger partial charge in [0.15, 0.2) is 5.54 Å². The summed E-state index contributed by atoms with van der Waals surface area (Å²) in [6.07, 6.45) is -2.94. The minimum atomic E-state index is -3.72. The third-order valence-electron chi connectivity index (χ3n) is 3.52. The summed E-state index contributed by atoms with van der Waals surface area (Å²) < 4.78 is 55.8. The SMILES string of the molecule is O=C(O)Nc1ccc(F)c(C2(CF)NC(=O)CCC2(F)F)c1. The summed E-state index contributed by atoms with van der Waals surface area (Å²) in [7, 11) is 0. The van der Waals surface area contributed by atoms with Gasteiger partial charge in [-0.3, -0.25) is 10.1 Å². The van der Waals surface area contributed by atoms with Crippen molar-refractivity contribution in [3.63, 3.8) is 0 Å². The lowest BCUT2D eigenvalue weighted by atomic mass is 9.79. The number of nitrogens with one attached hydrogen (secondary N) is 2. The molecule has 1 atom stereocenters. The molecule has 1 aliphatic rings. The molecule has 1 heterocycles. The molecular formula is C13H12F4N2O3. The van der Waals surface area contributed by atoms with Crippen molar-refractivity contribution in [2.24, 2.45) is 0 Å². The van der Waals surface area contributed by atoms with Crippen molar-refractivity contribution in [1.82, 2.24) is 5.32 Å². The fourth-order valence-corrected chi connectivity index (χ4v) is 2.40. The third-order valence-corrected chi connectivity index (χ3v) is 3.52. The van der Waals surface area contributed by atoms with Crippen molar-refractivity contribution in [2.45, 2.75) is 24.3 Å². The molecule has 1 aliphatic heterocycles. The van der Waals surface area contributed by atoms with Crippen LogP contribution in [0.4, 0.5) is 28.0 Å². The second-order valence-corrected chi connectivity index (χ2v) is 4.92. The second kappa shape index (κ2) is 5.47. The number of benzene rings is 1. The van der Waals surface area contributed by atoms with Crippen LogP contribution in [0.5, 0.6) is 0 Å². The lowest BCUT2D eigenvalue weighted by Crippen LogP contribution is -2.63. The summed E-state index contributed by atoms with van der Waals surface area (Å²) in [5.41, 5.74) is -3.88. The van der Waals surface area contributed by atoms with Crippen molar-refractivity contribution in [3.05, 3.63) is 29.6 Å². The van der Waals surface area contributed by atoms with Crippen LogP contribution in [0, 0.1) is 5.82 Å². The van der Waals surface area contributed by atoms with Crippen LogP contribution in [0.25, 0.3) is 0 Å². The zero-order valence-corrected chi connectivity index (χ0v) is 11.1. The summed E-state index contributed by atoms with van der Waals surface area (Å²) in [6, 6.07) is 2.49. The fourth-order valence-electron chi connectivity index (χ4n) is 2.40. The molecule has 1 unspecified atom stereocenters. The van der Waals surface area contributed by atoms with Gasteiger partial charge in [-0.1, -0.05) is 0 Å². The number of anilines is 1. The monoisotopic (exact) mass is 320 g/mol. The van der Waals surface area contributed by atoms with E-state index in [-0.39, 0.29) is 5.69 Å². The largest absolute Gasteiger partial charge is 0.465 e. The van der Waals surface area contributed by atoms with Crippen molar-refractivity contribution >= 4 is 17.7 Å². The van der Waals surface area contributed by atoms with E-state index >= 15 is 0 Å². The Balaban J connectivity index is 2.58. The van der Waals surface area contributed by atoms with E-state index in [0.717, 1.165) is 18.2 Å². The molecule has 9 heteroatoms. The maximum atomic E-state index is 14.2. The van der Waals surface area contributed by atoms with Crippen LogP contribution in [-0.2, 0) is 10.3 Å². The Morgan fingerprint density at radius 1 is 1.41 bits per heavy atom. The zero-order chi connectivity index (χ0) is 16.5. The highest BCUT2D eigenvalue weighted by Crippen LogP contribution is 2.45. The Labute approximate surface area is 122 Å². The minimum absolute atomic E-state index is 0.215. The van der Waals surface area contributed by atoms with Crippen LogP contribution >= 0.6 is 0 Å². The first-order chi connectivity index (χ1) is 10.2. The number of piperidine rings is 1. The number of carboxylic acid groups (broad SMARTS) is 1. The van der Waals surface area contributed by atoms with Crippen LogP contribution in [0.2, 0.25) is 0 Å². The van der Waals surface area contributed by atoms with Gasteiger partial charge in [-0.15, -0.1) is 0 Å². The number of hydrogen-bond acceptors (Lipinski definition) is 2. The standard InChI is InChI=1S/C13H12F4N2O3/c14-6-12(13(16,17)4-3-10(20)19-12)8-5-7(18-11(21)22)1-2-9(8)15/h1-2,5,18H,3-4,6H2,(H,19,20)(H,21,22). The maximum Gasteiger partial charge on any atom is 0.409 e.